The first-order chi connectivity index (χ1) is 6.42. The summed E-state index contributed by atoms with van der Waals surface area (Å²) in [6.07, 6.45) is 3.46. The molecule has 72 valence electrons. The van der Waals surface area contributed by atoms with E-state index in [4.69, 9.17) is 0 Å². The fourth-order valence-electron chi connectivity index (χ4n) is 1.73. The molecule has 1 aromatic heterocycles. The fraction of sp³-hybridized carbons (Fsp3) is 0.750. The molecule has 1 aliphatic heterocycles. The average molecular weight is 199 g/mol. The zero-order valence-corrected chi connectivity index (χ0v) is 8.20. The first kappa shape index (κ1) is 8.90. The number of anilines is 1. The van der Waals surface area contributed by atoms with Gasteiger partial charge in [0.15, 0.2) is 0 Å². The lowest BCUT2D eigenvalue weighted by molar-refractivity contribution is 0.240. The second-order valence-electron chi connectivity index (χ2n) is 3.25. The van der Waals surface area contributed by atoms with E-state index in [1.807, 2.05) is 0 Å². The van der Waals surface area contributed by atoms with E-state index in [0.29, 0.717) is 0 Å². The third-order valence-electron chi connectivity index (χ3n) is 2.43. The molecule has 2 rings (SSSR count). The molecule has 0 bridgehead atoms. The summed E-state index contributed by atoms with van der Waals surface area (Å²) in [4.78, 5) is 2.17. The Morgan fingerprint density at radius 2 is 2.54 bits per heavy atom. The van der Waals surface area contributed by atoms with Crippen LogP contribution in [0.1, 0.15) is 19.3 Å². The van der Waals surface area contributed by atoms with Crippen molar-refractivity contribution in [2.75, 3.05) is 18.1 Å². The van der Waals surface area contributed by atoms with Crippen LogP contribution in [0.3, 0.4) is 0 Å². The van der Waals surface area contributed by atoms with E-state index >= 15 is 0 Å². The van der Waals surface area contributed by atoms with Gasteiger partial charge in [0.25, 0.3) is 0 Å². The second-order valence-corrected chi connectivity index (χ2v) is 4.06. The number of aliphatic hydroxyl groups is 1. The molecule has 5 heteroatoms. The van der Waals surface area contributed by atoms with Gasteiger partial charge in [0.1, 0.15) is 5.51 Å². The smallest absolute Gasteiger partial charge is 0.208 e. The Morgan fingerprint density at radius 1 is 1.62 bits per heavy atom. The molecule has 0 aliphatic carbocycles. The maximum absolute atomic E-state index is 9.18. The van der Waals surface area contributed by atoms with E-state index in [9.17, 15) is 5.11 Å². The van der Waals surface area contributed by atoms with Crippen LogP contribution in [-0.4, -0.2) is 34.5 Å². The SMILES string of the molecule is OCC1CCCCN1c1nncs1. The van der Waals surface area contributed by atoms with Crippen molar-refractivity contribution in [3.63, 3.8) is 0 Å². The van der Waals surface area contributed by atoms with E-state index in [2.05, 4.69) is 15.1 Å². The first-order valence-corrected chi connectivity index (χ1v) is 5.43. The highest BCUT2D eigenvalue weighted by Crippen LogP contribution is 2.25. The van der Waals surface area contributed by atoms with Crippen LogP contribution < -0.4 is 4.90 Å². The predicted octanol–water partition coefficient (Wildman–Crippen LogP) is 0.889. The second kappa shape index (κ2) is 4.02. The first-order valence-electron chi connectivity index (χ1n) is 4.55. The van der Waals surface area contributed by atoms with Crippen LogP contribution in [0.5, 0.6) is 0 Å². The van der Waals surface area contributed by atoms with Crippen molar-refractivity contribution < 1.29 is 5.11 Å². The third-order valence-corrected chi connectivity index (χ3v) is 3.16. The van der Waals surface area contributed by atoms with E-state index in [1.165, 1.54) is 12.8 Å². The third kappa shape index (κ3) is 1.81. The minimum absolute atomic E-state index is 0.222. The van der Waals surface area contributed by atoms with Gasteiger partial charge in [-0.2, -0.15) is 0 Å². The lowest BCUT2D eigenvalue weighted by Gasteiger charge is -2.33. The fourth-order valence-corrected chi connectivity index (χ4v) is 2.39. The molecular formula is C8H13N3OS. The minimum Gasteiger partial charge on any atom is -0.394 e. The molecule has 0 aromatic carbocycles. The molecule has 1 aromatic rings. The molecule has 2 heterocycles. The molecule has 1 unspecified atom stereocenters. The Bertz CT molecular complexity index is 252. The van der Waals surface area contributed by atoms with E-state index in [-0.39, 0.29) is 12.6 Å². The Kier molecular flexibility index (Phi) is 2.75. The number of nitrogens with zero attached hydrogens (tertiary/aromatic N) is 3. The molecule has 1 atom stereocenters. The normalized spacial score (nSPS) is 23.5. The molecule has 1 fully saturated rings. The average Bonchev–Trinajstić information content (AvgIpc) is 2.70. The maximum Gasteiger partial charge on any atom is 0.208 e. The van der Waals surface area contributed by atoms with Gasteiger partial charge in [0.2, 0.25) is 5.13 Å². The highest BCUT2D eigenvalue weighted by molar-refractivity contribution is 7.13. The van der Waals surface area contributed by atoms with Crippen molar-refractivity contribution in [1.29, 1.82) is 0 Å². The predicted molar refractivity (Wildman–Crippen MR) is 52.0 cm³/mol. The number of hydrogen-bond donors (Lipinski definition) is 1. The van der Waals surface area contributed by atoms with Gasteiger partial charge >= 0.3 is 0 Å². The summed E-state index contributed by atoms with van der Waals surface area (Å²) >= 11 is 1.54. The molecule has 0 saturated carbocycles. The molecule has 0 spiro atoms. The van der Waals surface area contributed by atoms with E-state index < -0.39 is 0 Å². The number of aromatic nitrogens is 2. The van der Waals surface area contributed by atoms with Gasteiger partial charge in [0, 0.05) is 6.54 Å². The van der Waals surface area contributed by atoms with Crippen LogP contribution in [0.15, 0.2) is 5.51 Å². The summed E-state index contributed by atoms with van der Waals surface area (Å²) < 4.78 is 0. The van der Waals surface area contributed by atoms with Crippen LogP contribution in [0.4, 0.5) is 5.13 Å². The molecule has 0 radical (unpaired) electrons. The van der Waals surface area contributed by atoms with Crippen molar-refractivity contribution in [2.24, 2.45) is 0 Å². The highest BCUT2D eigenvalue weighted by atomic mass is 32.1. The lowest BCUT2D eigenvalue weighted by atomic mass is 10.0. The maximum atomic E-state index is 9.18. The van der Waals surface area contributed by atoms with Crippen LogP contribution in [0, 0.1) is 0 Å². The summed E-state index contributed by atoms with van der Waals surface area (Å²) in [6.45, 7) is 1.22. The number of hydrogen-bond acceptors (Lipinski definition) is 5. The molecular weight excluding hydrogens is 186 g/mol. The Balaban J connectivity index is 2.11. The zero-order chi connectivity index (χ0) is 9.10. The van der Waals surface area contributed by atoms with Crippen molar-refractivity contribution in [3.05, 3.63) is 5.51 Å². The van der Waals surface area contributed by atoms with E-state index in [0.717, 1.165) is 18.1 Å². The minimum atomic E-state index is 0.222. The van der Waals surface area contributed by atoms with Gasteiger partial charge in [-0.25, -0.2) is 0 Å². The number of piperidine rings is 1. The molecule has 1 saturated heterocycles. The highest BCUT2D eigenvalue weighted by Gasteiger charge is 2.23. The summed E-state index contributed by atoms with van der Waals surface area (Å²) in [5.41, 5.74) is 1.73. The Morgan fingerprint density at radius 3 is 3.23 bits per heavy atom. The largest absolute Gasteiger partial charge is 0.394 e. The van der Waals surface area contributed by atoms with Crippen LogP contribution in [-0.2, 0) is 0 Å². The monoisotopic (exact) mass is 199 g/mol. The van der Waals surface area contributed by atoms with Gasteiger partial charge < -0.3 is 10.0 Å². The van der Waals surface area contributed by atoms with Crippen LogP contribution in [0.2, 0.25) is 0 Å². The van der Waals surface area contributed by atoms with Gasteiger partial charge in [-0.1, -0.05) is 11.3 Å². The summed E-state index contributed by atoms with van der Waals surface area (Å²) in [5, 5.41) is 18.0. The van der Waals surface area contributed by atoms with Crippen LogP contribution >= 0.6 is 11.3 Å². The van der Waals surface area contributed by atoms with Gasteiger partial charge in [-0.15, -0.1) is 10.2 Å². The zero-order valence-electron chi connectivity index (χ0n) is 7.39. The summed E-state index contributed by atoms with van der Waals surface area (Å²) in [5.74, 6) is 0. The molecule has 13 heavy (non-hydrogen) atoms. The van der Waals surface area contributed by atoms with Crippen molar-refractivity contribution in [2.45, 2.75) is 25.3 Å². The Labute approximate surface area is 81.2 Å². The Hall–Kier alpha value is -0.680. The number of rotatable bonds is 2. The van der Waals surface area contributed by atoms with Crippen molar-refractivity contribution >= 4 is 16.5 Å². The lowest BCUT2D eigenvalue weighted by Crippen LogP contribution is -2.41. The quantitative estimate of drug-likeness (QED) is 0.768. The molecule has 1 N–H and O–H groups in total. The molecule has 4 nitrogen and oxygen atoms in total. The van der Waals surface area contributed by atoms with Crippen LogP contribution in [0.25, 0.3) is 0 Å². The standard InChI is InChI=1S/C8H13N3OS/c12-5-7-3-1-2-4-11(7)8-10-9-6-13-8/h6-7,12H,1-5H2. The molecule has 0 amide bonds. The topological polar surface area (TPSA) is 49.2 Å². The van der Waals surface area contributed by atoms with E-state index in [1.54, 1.807) is 16.8 Å². The number of aliphatic hydroxyl groups excluding tert-OH is 1. The van der Waals surface area contributed by atoms with Gasteiger partial charge in [0.05, 0.1) is 12.6 Å². The summed E-state index contributed by atoms with van der Waals surface area (Å²) in [7, 11) is 0. The molecule has 1 aliphatic rings. The summed E-state index contributed by atoms with van der Waals surface area (Å²) in [6, 6.07) is 0.252. The van der Waals surface area contributed by atoms with Crippen molar-refractivity contribution in [1.82, 2.24) is 10.2 Å². The van der Waals surface area contributed by atoms with Gasteiger partial charge in [-0.3, -0.25) is 0 Å². The van der Waals surface area contributed by atoms with Crippen molar-refractivity contribution in [3.8, 4) is 0 Å². The van der Waals surface area contributed by atoms with Gasteiger partial charge in [-0.05, 0) is 19.3 Å².